The van der Waals surface area contributed by atoms with E-state index in [1.807, 2.05) is 12.1 Å². The Kier molecular flexibility index (Phi) is 6.20. The lowest BCUT2D eigenvalue weighted by Crippen LogP contribution is -2.33. The van der Waals surface area contributed by atoms with Gasteiger partial charge in [-0.05, 0) is 36.6 Å². The van der Waals surface area contributed by atoms with Crippen molar-refractivity contribution in [2.45, 2.75) is 50.9 Å². The van der Waals surface area contributed by atoms with Gasteiger partial charge in [-0.3, -0.25) is 0 Å². The molecule has 9 heteroatoms. The maximum absolute atomic E-state index is 9.80. The van der Waals surface area contributed by atoms with Crippen LogP contribution in [0.1, 0.15) is 31.2 Å². The topological polar surface area (TPSA) is 87.3 Å². The summed E-state index contributed by atoms with van der Waals surface area (Å²) in [5, 5.41) is 25.4. The lowest BCUT2D eigenvalue weighted by atomic mass is 10.1. The van der Waals surface area contributed by atoms with Gasteiger partial charge >= 0.3 is 0 Å². The molecule has 0 bridgehead atoms. The van der Waals surface area contributed by atoms with Crippen molar-refractivity contribution in [3.8, 4) is 0 Å². The molecular formula is C20H23Cl2N5O2. The first-order valence-electron chi connectivity index (χ1n) is 9.73. The SMILES string of the molecule is OCC(O)Cn1ncc2c(N(Cc3cc(Cl)ccc3Cl)C3CCCC3)ncnc21. The second-order valence-electron chi connectivity index (χ2n) is 7.40. The van der Waals surface area contributed by atoms with Crippen LogP contribution in [-0.2, 0) is 13.1 Å². The van der Waals surface area contributed by atoms with Crippen molar-refractivity contribution in [1.29, 1.82) is 0 Å². The van der Waals surface area contributed by atoms with Gasteiger partial charge in [0.05, 0.1) is 30.8 Å². The van der Waals surface area contributed by atoms with E-state index in [0.29, 0.717) is 28.3 Å². The van der Waals surface area contributed by atoms with Crippen LogP contribution < -0.4 is 4.90 Å². The summed E-state index contributed by atoms with van der Waals surface area (Å²) in [4.78, 5) is 11.2. The Balaban J connectivity index is 1.74. The highest BCUT2D eigenvalue weighted by molar-refractivity contribution is 6.33. The molecule has 154 valence electrons. The van der Waals surface area contributed by atoms with E-state index in [9.17, 15) is 5.11 Å². The molecule has 0 aliphatic heterocycles. The quantitative estimate of drug-likeness (QED) is 0.590. The van der Waals surface area contributed by atoms with Gasteiger partial charge in [0.2, 0.25) is 0 Å². The smallest absolute Gasteiger partial charge is 0.163 e. The van der Waals surface area contributed by atoms with Crippen LogP contribution in [0.3, 0.4) is 0 Å². The number of rotatable bonds is 7. The molecule has 1 fully saturated rings. The number of hydrogen-bond acceptors (Lipinski definition) is 6. The first kappa shape index (κ1) is 20.3. The normalized spacial score (nSPS) is 15.9. The Morgan fingerprint density at radius 1 is 1.21 bits per heavy atom. The van der Waals surface area contributed by atoms with E-state index in [4.69, 9.17) is 28.3 Å². The maximum atomic E-state index is 9.80. The molecule has 1 aliphatic rings. The molecule has 0 radical (unpaired) electrons. The van der Waals surface area contributed by atoms with E-state index in [0.717, 1.165) is 29.6 Å². The number of nitrogens with zero attached hydrogens (tertiary/aromatic N) is 5. The lowest BCUT2D eigenvalue weighted by Gasteiger charge is -2.31. The summed E-state index contributed by atoms with van der Waals surface area (Å²) >= 11 is 12.7. The molecule has 3 aromatic rings. The van der Waals surface area contributed by atoms with Crippen molar-refractivity contribution in [3.63, 3.8) is 0 Å². The third-order valence-electron chi connectivity index (χ3n) is 5.39. The molecule has 1 atom stereocenters. The summed E-state index contributed by atoms with van der Waals surface area (Å²) in [6.07, 6.45) is 6.87. The summed E-state index contributed by atoms with van der Waals surface area (Å²) in [7, 11) is 0. The van der Waals surface area contributed by atoms with Crippen LogP contribution >= 0.6 is 23.2 Å². The number of fused-ring (bicyclic) bond motifs is 1. The molecule has 29 heavy (non-hydrogen) atoms. The third-order valence-corrected chi connectivity index (χ3v) is 6.00. The zero-order valence-corrected chi connectivity index (χ0v) is 17.4. The fourth-order valence-corrected chi connectivity index (χ4v) is 4.31. The molecule has 1 aliphatic carbocycles. The van der Waals surface area contributed by atoms with Crippen molar-refractivity contribution >= 4 is 40.1 Å². The minimum absolute atomic E-state index is 0.167. The van der Waals surface area contributed by atoms with Gasteiger partial charge in [-0.2, -0.15) is 5.10 Å². The summed E-state index contributed by atoms with van der Waals surface area (Å²) < 4.78 is 1.60. The Morgan fingerprint density at radius 2 is 2.00 bits per heavy atom. The van der Waals surface area contributed by atoms with Crippen LogP contribution in [0, 0.1) is 0 Å². The van der Waals surface area contributed by atoms with Gasteiger partial charge in [0, 0.05) is 22.6 Å². The number of aliphatic hydroxyl groups is 2. The molecule has 2 heterocycles. The van der Waals surface area contributed by atoms with Gasteiger partial charge in [-0.1, -0.05) is 36.0 Å². The zero-order chi connectivity index (χ0) is 20.4. The van der Waals surface area contributed by atoms with Crippen LogP contribution in [0.5, 0.6) is 0 Å². The van der Waals surface area contributed by atoms with Crippen molar-refractivity contribution in [1.82, 2.24) is 19.7 Å². The van der Waals surface area contributed by atoms with Crippen molar-refractivity contribution in [3.05, 3.63) is 46.3 Å². The van der Waals surface area contributed by atoms with E-state index in [1.54, 1.807) is 16.9 Å². The van der Waals surface area contributed by atoms with Gasteiger partial charge in [0.1, 0.15) is 12.1 Å². The zero-order valence-electron chi connectivity index (χ0n) is 15.9. The van der Waals surface area contributed by atoms with Gasteiger partial charge in [-0.15, -0.1) is 0 Å². The van der Waals surface area contributed by atoms with Gasteiger partial charge in [0.25, 0.3) is 0 Å². The Labute approximate surface area is 178 Å². The molecule has 0 amide bonds. The largest absolute Gasteiger partial charge is 0.394 e. The van der Waals surface area contributed by atoms with E-state index < -0.39 is 6.10 Å². The molecule has 4 rings (SSSR count). The van der Waals surface area contributed by atoms with E-state index in [1.165, 1.54) is 19.2 Å². The van der Waals surface area contributed by atoms with Gasteiger partial charge in [-0.25, -0.2) is 14.6 Å². The lowest BCUT2D eigenvalue weighted by molar-refractivity contribution is 0.0792. The van der Waals surface area contributed by atoms with E-state index >= 15 is 0 Å². The molecule has 0 saturated heterocycles. The molecule has 1 saturated carbocycles. The minimum atomic E-state index is -0.896. The van der Waals surface area contributed by atoms with Crippen LogP contribution in [0.4, 0.5) is 5.82 Å². The molecule has 2 N–H and O–H groups in total. The van der Waals surface area contributed by atoms with Crippen LogP contribution in [0.25, 0.3) is 11.0 Å². The average molecular weight is 436 g/mol. The highest BCUT2D eigenvalue weighted by Gasteiger charge is 2.27. The second-order valence-corrected chi connectivity index (χ2v) is 8.24. The number of aliphatic hydroxyl groups excluding tert-OH is 2. The minimum Gasteiger partial charge on any atom is -0.394 e. The van der Waals surface area contributed by atoms with Crippen LogP contribution in [0.15, 0.2) is 30.7 Å². The van der Waals surface area contributed by atoms with Crippen molar-refractivity contribution < 1.29 is 10.2 Å². The molecule has 2 aromatic heterocycles. The number of benzene rings is 1. The van der Waals surface area contributed by atoms with Crippen LogP contribution in [0.2, 0.25) is 10.0 Å². The number of anilines is 1. The number of hydrogen-bond donors (Lipinski definition) is 2. The fourth-order valence-electron chi connectivity index (χ4n) is 3.94. The molecule has 1 aromatic carbocycles. The summed E-state index contributed by atoms with van der Waals surface area (Å²) in [5.41, 5.74) is 1.57. The molecule has 1 unspecified atom stereocenters. The fraction of sp³-hybridized carbons (Fsp3) is 0.450. The summed E-state index contributed by atoms with van der Waals surface area (Å²) in [5.74, 6) is 0.794. The Hall–Kier alpha value is -1.93. The summed E-state index contributed by atoms with van der Waals surface area (Å²) in [6, 6.07) is 5.84. The monoisotopic (exact) mass is 435 g/mol. The predicted octanol–water partition coefficient (Wildman–Crippen LogP) is 3.44. The first-order valence-corrected chi connectivity index (χ1v) is 10.5. The molecule has 0 spiro atoms. The van der Waals surface area contributed by atoms with Gasteiger partial charge in [0.15, 0.2) is 5.65 Å². The van der Waals surface area contributed by atoms with E-state index in [-0.39, 0.29) is 13.2 Å². The predicted molar refractivity (Wildman–Crippen MR) is 113 cm³/mol. The third kappa shape index (κ3) is 4.33. The molecular weight excluding hydrogens is 413 g/mol. The molecule has 7 nitrogen and oxygen atoms in total. The Bertz CT molecular complexity index is 990. The highest BCUT2D eigenvalue weighted by atomic mass is 35.5. The highest BCUT2D eigenvalue weighted by Crippen LogP contribution is 2.34. The van der Waals surface area contributed by atoms with E-state index in [2.05, 4.69) is 20.0 Å². The van der Waals surface area contributed by atoms with Crippen molar-refractivity contribution in [2.24, 2.45) is 0 Å². The standard InChI is InChI=1S/C20H23Cl2N5O2/c21-14-5-6-18(22)13(7-14)9-26(15-3-1-2-4-15)19-17-8-25-27(10-16(29)11-28)20(17)24-12-23-19/h5-8,12,15-16,28-29H,1-4,9-11H2. The van der Waals surface area contributed by atoms with Crippen LogP contribution in [-0.4, -0.2) is 48.7 Å². The maximum Gasteiger partial charge on any atom is 0.163 e. The number of aromatic nitrogens is 4. The first-order chi connectivity index (χ1) is 14.1. The number of halogens is 2. The Morgan fingerprint density at radius 3 is 2.76 bits per heavy atom. The van der Waals surface area contributed by atoms with Crippen molar-refractivity contribution in [2.75, 3.05) is 11.5 Å². The second kappa shape index (κ2) is 8.83. The van der Waals surface area contributed by atoms with Gasteiger partial charge < -0.3 is 15.1 Å². The summed E-state index contributed by atoms with van der Waals surface area (Å²) in [6.45, 7) is 0.418. The average Bonchev–Trinajstić information content (AvgIpc) is 3.39.